The monoisotopic (exact) mass is 362 g/mol. The summed E-state index contributed by atoms with van der Waals surface area (Å²) in [5.41, 5.74) is 2.46. The van der Waals surface area contributed by atoms with Gasteiger partial charge in [-0.15, -0.1) is 0 Å². The fourth-order valence-electron chi connectivity index (χ4n) is 2.29. The van der Waals surface area contributed by atoms with Crippen molar-refractivity contribution in [1.29, 1.82) is 0 Å². The molecule has 0 aromatic heterocycles. The summed E-state index contributed by atoms with van der Waals surface area (Å²) in [6, 6.07) is 10.3. The van der Waals surface area contributed by atoms with E-state index in [1.165, 1.54) is 0 Å². The van der Waals surface area contributed by atoms with Crippen molar-refractivity contribution >= 4 is 46.4 Å². The first-order valence-electron chi connectivity index (χ1n) is 7.62. The van der Waals surface area contributed by atoms with Crippen molar-refractivity contribution in [2.24, 2.45) is 5.92 Å². The van der Waals surface area contributed by atoms with Crippen molar-refractivity contribution in [2.45, 2.75) is 19.8 Å². The van der Waals surface area contributed by atoms with E-state index in [4.69, 9.17) is 23.2 Å². The Morgan fingerprint density at radius 1 is 1.08 bits per heavy atom. The van der Waals surface area contributed by atoms with Gasteiger partial charge in [-0.3, -0.25) is 9.59 Å². The average Bonchev–Trinajstić information content (AvgIpc) is 3.38. The molecule has 4 nitrogen and oxygen atoms in total. The molecule has 0 unspecified atom stereocenters. The molecule has 0 aliphatic heterocycles. The molecular weight excluding hydrogens is 347 g/mol. The summed E-state index contributed by atoms with van der Waals surface area (Å²) in [6.45, 7) is 1.88. The van der Waals surface area contributed by atoms with Crippen LogP contribution in [0.4, 0.5) is 11.4 Å². The molecule has 0 radical (unpaired) electrons. The van der Waals surface area contributed by atoms with Gasteiger partial charge in [0, 0.05) is 17.3 Å². The summed E-state index contributed by atoms with van der Waals surface area (Å²) in [7, 11) is 0. The molecule has 6 heteroatoms. The number of amides is 2. The smallest absolute Gasteiger partial charge is 0.257 e. The van der Waals surface area contributed by atoms with Gasteiger partial charge < -0.3 is 10.6 Å². The van der Waals surface area contributed by atoms with Crippen molar-refractivity contribution in [3.63, 3.8) is 0 Å². The maximum Gasteiger partial charge on any atom is 0.257 e. The second-order valence-electron chi connectivity index (χ2n) is 5.85. The Kier molecular flexibility index (Phi) is 4.78. The van der Waals surface area contributed by atoms with Gasteiger partial charge in [-0.25, -0.2) is 0 Å². The number of halogens is 2. The first-order chi connectivity index (χ1) is 11.5. The molecule has 0 bridgehead atoms. The molecule has 2 aromatic carbocycles. The number of hydrogen-bond acceptors (Lipinski definition) is 2. The number of anilines is 2. The normalized spacial score (nSPS) is 13.5. The molecule has 24 heavy (non-hydrogen) atoms. The van der Waals surface area contributed by atoms with Crippen LogP contribution in [0.2, 0.25) is 10.0 Å². The van der Waals surface area contributed by atoms with Crippen LogP contribution >= 0.6 is 23.2 Å². The van der Waals surface area contributed by atoms with E-state index in [0.29, 0.717) is 22.0 Å². The van der Waals surface area contributed by atoms with Gasteiger partial charge in [-0.2, -0.15) is 0 Å². The Morgan fingerprint density at radius 3 is 2.54 bits per heavy atom. The molecule has 1 fully saturated rings. The van der Waals surface area contributed by atoms with Crippen molar-refractivity contribution in [3.05, 3.63) is 57.6 Å². The molecule has 2 amide bonds. The van der Waals surface area contributed by atoms with E-state index < -0.39 is 0 Å². The summed E-state index contributed by atoms with van der Waals surface area (Å²) in [6.07, 6.45) is 1.88. The van der Waals surface area contributed by atoms with E-state index in [0.717, 1.165) is 18.4 Å². The summed E-state index contributed by atoms with van der Waals surface area (Å²) in [5, 5.41) is 6.23. The predicted octanol–water partition coefficient (Wildman–Crippen LogP) is 4.90. The molecule has 0 atom stereocenters. The highest BCUT2D eigenvalue weighted by Gasteiger charge is 2.29. The van der Waals surface area contributed by atoms with E-state index >= 15 is 0 Å². The zero-order chi connectivity index (χ0) is 17.3. The van der Waals surface area contributed by atoms with Crippen LogP contribution in [-0.4, -0.2) is 11.8 Å². The van der Waals surface area contributed by atoms with Crippen LogP contribution in [0.5, 0.6) is 0 Å². The first-order valence-corrected chi connectivity index (χ1v) is 8.38. The zero-order valence-corrected chi connectivity index (χ0v) is 14.5. The van der Waals surface area contributed by atoms with Crippen LogP contribution in [0.1, 0.15) is 28.8 Å². The fraction of sp³-hybridized carbons (Fsp3) is 0.222. The molecule has 1 aliphatic carbocycles. The lowest BCUT2D eigenvalue weighted by molar-refractivity contribution is -0.117. The zero-order valence-electron chi connectivity index (χ0n) is 13.0. The first kappa shape index (κ1) is 16.8. The highest BCUT2D eigenvalue weighted by Crippen LogP contribution is 2.31. The minimum atomic E-state index is -0.351. The molecule has 1 saturated carbocycles. The molecule has 2 N–H and O–H groups in total. The van der Waals surface area contributed by atoms with Crippen LogP contribution in [-0.2, 0) is 4.79 Å². The summed E-state index contributed by atoms with van der Waals surface area (Å²) >= 11 is 12.0. The SMILES string of the molecule is Cc1ccc(NC(=O)C2CC2)cc1NC(=O)c1cccc(Cl)c1Cl. The molecular formula is C18H16Cl2N2O2. The third-order valence-corrected chi connectivity index (χ3v) is 4.72. The molecule has 1 aliphatic rings. The van der Waals surface area contributed by atoms with E-state index in [1.54, 1.807) is 24.3 Å². The number of aryl methyl sites for hydroxylation is 1. The second kappa shape index (κ2) is 6.83. The summed E-state index contributed by atoms with van der Waals surface area (Å²) in [4.78, 5) is 24.3. The molecule has 124 valence electrons. The van der Waals surface area contributed by atoms with Crippen LogP contribution in [0.25, 0.3) is 0 Å². The highest BCUT2D eigenvalue weighted by molar-refractivity contribution is 6.44. The minimum Gasteiger partial charge on any atom is -0.326 e. The van der Waals surface area contributed by atoms with Crippen LogP contribution in [0.3, 0.4) is 0 Å². The molecule has 0 heterocycles. The van der Waals surface area contributed by atoms with E-state index in [2.05, 4.69) is 10.6 Å². The van der Waals surface area contributed by atoms with Gasteiger partial charge in [0.15, 0.2) is 0 Å². The third-order valence-electron chi connectivity index (χ3n) is 3.90. The quantitative estimate of drug-likeness (QED) is 0.812. The molecule has 2 aromatic rings. The summed E-state index contributed by atoms with van der Waals surface area (Å²) in [5.74, 6) is -0.208. The van der Waals surface area contributed by atoms with Crippen LogP contribution in [0.15, 0.2) is 36.4 Å². The number of nitrogens with one attached hydrogen (secondary N) is 2. The van der Waals surface area contributed by atoms with Gasteiger partial charge in [-0.05, 0) is 49.6 Å². The lowest BCUT2D eigenvalue weighted by Gasteiger charge is -2.12. The van der Waals surface area contributed by atoms with Gasteiger partial charge >= 0.3 is 0 Å². The number of carbonyl (C=O) groups excluding carboxylic acids is 2. The van der Waals surface area contributed by atoms with Crippen molar-refractivity contribution in [3.8, 4) is 0 Å². The average molecular weight is 363 g/mol. The van der Waals surface area contributed by atoms with Gasteiger partial charge in [0.2, 0.25) is 5.91 Å². The minimum absolute atomic E-state index is 0.0222. The summed E-state index contributed by atoms with van der Waals surface area (Å²) < 4.78 is 0. The standard InChI is InChI=1S/C18H16Cl2N2O2/c1-10-5-8-12(21-17(23)11-6-7-11)9-15(10)22-18(24)13-3-2-4-14(19)16(13)20/h2-5,8-9,11H,6-7H2,1H3,(H,21,23)(H,22,24). The number of benzene rings is 2. The lowest BCUT2D eigenvalue weighted by atomic mass is 10.1. The number of carbonyl (C=O) groups is 2. The number of rotatable bonds is 4. The van der Waals surface area contributed by atoms with Gasteiger partial charge in [0.1, 0.15) is 0 Å². The largest absolute Gasteiger partial charge is 0.326 e. The Labute approximate surface area is 150 Å². The van der Waals surface area contributed by atoms with Gasteiger partial charge in [-0.1, -0.05) is 35.3 Å². The predicted molar refractivity (Wildman–Crippen MR) is 96.9 cm³/mol. The fourth-order valence-corrected chi connectivity index (χ4v) is 2.68. The third kappa shape index (κ3) is 3.71. The van der Waals surface area contributed by atoms with E-state index in [-0.39, 0.29) is 22.8 Å². The Bertz CT molecular complexity index is 817. The topological polar surface area (TPSA) is 58.2 Å². The van der Waals surface area contributed by atoms with Crippen molar-refractivity contribution in [1.82, 2.24) is 0 Å². The van der Waals surface area contributed by atoms with Crippen molar-refractivity contribution in [2.75, 3.05) is 10.6 Å². The molecule has 0 spiro atoms. The van der Waals surface area contributed by atoms with Gasteiger partial charge in [0.05, 0.1) is 15.6 Å². The van der Waals surface area contributed by atoms with E-state index in [9.17, 15) is 9.59 Å². The maximum atomic E-state index is 12.4. The van der Waals surface area contributed by atoms with Crippen LogP contribution in [0, 0.1) is 12.8 Å². The van der Waals surface area contributed by atoms with E-state index in [1.807, 2.05) is 19.1 Å². The van der Waals surface area contributed by atoms with Crippen LogP contribution < -0.4 is 10.6 Å². The lowest BCUT2D eigenvalue weighted by Crippen LogP contribution is -2.15. The Balaban J connectivity index is 1.79. The molecule has 0 saturated heterocycles. The van der Waals surface area contributed by atoms with Crippen molar-refractivity contribution < 1.29 is 9.59 Å². The highest BCUT2D eigenvalue weighted by atomic mass is 35.5. The Morgan fingerprint density at radius 2 is 1.83 bits per heavy atom. The maximum absolute atomic E-state index is 12.4. The molecule has 3 rings (SSSR count). The Hall–Kier alpha value is -2.04. The second-order valence-corrected chi connectivity index (χ2v) is 6.63. The van der Waals surface area contributed by atoms with Gasteiger partial charge in [0.25, 0.3) is 5.91 Å². The number of hydrogen-bond donors (Lipinski definition) is 2.